The van der Waals surface area contributed by atoms with Crippen molar-refractivity contribution in [2.45, 2.75) is 43.2 Å². The molecule has 2 aromatic rings. The third-order valence-electron chi connectivity index (χ3n) is 4.62. The van der Waals surface area contributed by atoms with Crippen molar-refractivity contribution in [3.8, 4) is 11.1 Å². The summed E-state index contributed by atoms with van der Waals surface area (Å²) >= 11 is 1.21. The topological polar surface area (TPSA) is 0 Å². The first-order valence-corrected chi connectivity index (χ1v) is 10.1. The molecule has 0 radical (unpaired) electrons. The van der Waals surface area contributed by atoms with E-state index in [1.165, 1.54) is 53.0 Å². The SMILES string of the molecule is CCC1=Cc2c(-c3ccc(C(C)(C)C)cc3)cccc2[CH]1[Hf+2].[Cl-].[Cl-]. The molecule has 125 valence electrons. The number of hydrogen-bond donors (Lipinski definition) is 0. The molecule has 0 bridgehead atoms. The molecule has 0 spiro atoms. The van der Waals surface area contributed by atoms with Crippen LogP contribution in [0.2, 0.25) is 0 Å². The van der Waals surface area contributed by atoms with Crippen LogP contribution in [-0.2, 0) is 29.8 Å². The van der Waals surface area contributed by atoms with Gasteiger partial charge in [0.2, 0.25) is 0 Å². The number of fused-ring (bicyclic) bond motifs is 1. The molecule has 0 N–H and O–H groups in total. The third kappa shape index (κ3) is 4.06. The van der Waals surface area contributed by atoms with E-state index in [1.807, 2.05) is 0 Å². The van der Waals surface area contributed by atoms with Crippen LogP contribution < -0.4 is 24.8 Å². The van der Waals surface area contributed by atoms with E-state index in [0.717, 1.165) is 0 Å². The van der Waals surface area contributed by atoms with Crippen LogP contribution in [0.1, 0.15) is 54.5 Å². The van der Waals surface area contributed by atoms with E-state index >= 15 is 0 Å². The Morgan fingerprint density at radius 2 is 1.58 bits per heavy atom. The van der Waals surface area contributed by atoms with Crippen molar-refractivity contribution in [3.63, 3.8) is 0 Å². The van der Waals surface area contributed by atoms with Crippen molar-refractivity contribution < 1.29 is 49.2 Å². The molecule has 1 atom stereocenters. The molecule has 1 aliphatic rings. The fourth-order valence-corrected chi connectivity index (χ4v) is 5.11. The van der Waals surface area contributed by atoms with Gasteiger partial charge in [0.15, 0.2) is 0 Å². The minimum absolute atomic E-state index is 0. The van der Waals surface area contributed by atoms with Crippen LogP contribution in [-0.4, -0.2) is 0 Å². The first kappa shape index (κ1) is 21.7. The largest absolute Gasteiger partial charge is 1.00 e. The second-order valence-electron chi connectivity index (χ2n) is 7.14. The molecule has 0 nitrogen and oxygen atoms in total. The van der Waals surface area contributed by atoms with Gasteiger partial charge in [-0.05, 0) is 0 Å². The number of benzene rings is 2. The molecule has 0 saturated heterocycles. The number of rotatable bonds is 2. The summed E-state index contributed by atoms with van der Waals surface area (Å²) in [7, 11) is 0. The molecule has 0 heterocycles. The molecule has 0 aromatic heterocycles. The van der Waals surface area contributed by atoms with Gasteiger partial charge in [0.05, 0.1) is 0 Å². The van der Waals surface area contributed by atoms with Gasteiger partial charge < -0.3 is 24.8 Å². The summed E-state index contributed by atoms with van der Waals surface area (Å²) in [4.78, 5) is 0. The van der Waals surface area contributed by atoms with Gasteiger partial charge in [-0.25, -0.2) is 0 Å². The zero-order valence-corrected chi connectivity index (χ0v) is 19.8. The standard InChI is InChI=1S/C21H23.2ClH.Hf/c1-5-15-13-17-7-6-8-19(20(17)14-15)16-9-11-18(12-10-16)21(2,3)4;;;/h6-14H,5H2,1-4H3;2*1H;/q;;;+2/p-2. The van der Waals surface area contributed by atoms with Crippen molar-refractivity contribution in [2.75, 3.05) is 0 Å². The second kappa shape index (κ2) is 8.34. The minimum Gasteiger partial charge on any atom is -1.00 e. The minimum atomic E-state index is 0. The Hall–Kier alpha value is -0.370. The summed E-state index contributed by atoms with van der Waals surface area (Å²) < 4.78 is 0.703. The summed E-state index contributed by atoms with van der Waals surface area (Å²) in [6.45, 7) is 9.08. The van der Waals surface area contributed by atoms with Gasteiger partial charge in [-0.15, -0.1) is 0 Å². The Balaban J connectivity index is 0.00000144. The molecular weight excluding hydrogens is 502 g/mol. The zero-order valence-electron chi connectivity index (χ0n) is 14.7. The Morgan fingerprint density at radius 3 is 2.12 bits per heavy atom. The molecule has 2 aromatic carbocycles. The van der Waals surface area contributed by atoms with Gasteiger partial charge in [-0.1, -0.05) is 0 Å². The predicted octanol–water partition coefficient (Wildman–Crippen LogP) is 0.0540. The van der Waals surface area contributed by atoms with Crippen molar-refractivity contribution in [1.82, 2.24) is 0 Å². The van der Waals surface area contributed by atoms with E-state index in [9.17, 15) is 0 Å². The Morgan fingerprint density at radius 1 is 0.958 bits per heavy atom. The molecule has 0 aliphatic heterocycles. The summed E-state index contributed by atoms with van der Waals surface area (Å²) in [5, 5.41) is 0. The Labute approximate surface area is 173 Å². The molecule has 3 heteroatoms. The quantitative estimate of drug-likeness (QED) is 0.488. The van der Waals surface area contributed by atoms with Gasteiger partial charge in [0.25, 0.3) is 0 Å². The molecule has 3 rings (SSSR count). The van der Waals surface area contributed by atoms with Crippen molar-refractivity contribution in [1.29, 1.82) is 0 Å². The first-order valence-electron chi connectivity index (χ1n) is 8.07. The van der Waals surface area contributed by atoms with E-state index in [-0.39, 0.29) is 30.2 Å². The van der Waals surface area contributed by atoms with Gasteiger partial charge in [-0.2, -0.15) is 0 Å². The fraction of sp³-hybridized carbons (Fsp3) is 0.333. The van der Waals surface area contributed by atoms with E-state index in [2.05, 4.69) is 76.2 Å². The molecular formula is C21H23Cl2Hf. The van der Waals surface area contributed by atoms with Crippen LogP contribution in [0.4, 0.5) is 0 Å². The number of allylic oxidation sites excluding steroid dienone is 1. The molecule has 1 unspecified atom stereocenters. The normalized spacial score (nSPS) is 15.9. The number of hydrogen-bond acceptors (Lipinski definition) is 0. The average Bonchev–Trinajstić information content (AvgIpc) is 2.83. The monoisotopic (exact) mass is 525 g/mol. The number of halogens is 2. The van der Waals surface area contributed by atoms with Crippen molar-refractivity contribution in [3.05, 3.63) is 64.7 Å². The van der Waals surface area contributed by atoms with Crippen LogP contribution in [0.3, 0.4) is 0 Å². The van der Waals surface area contributed by atoms with Gasteiger partial charge in [0, 0.05) is 0 Å². The summed E-state index contributed by atoms with van der Waals surface area (Å²) in [6, 6.07) is 16.0. The van der Waals surface area contributed by atoms with Crippen molar-refractivity contribution >= 4 is 6.08 Å². The predicted molar refractivity (Wildman–Crippen MR) is 91.6 cm³/mol. The van der Waals surface area contributed by atoms with Gasteiger partial charge in [0.1, 0.15) is 0 Å². The van der Waals surface area contributed by atoms with E-state index < -0.39 is 0 Å². The Kier molecular flexibility index (Phi) is 7.53. The third-order valence-corrected chi connectivity index (χ3v) is 7.07. The molecule has 1 aliphatic carbocycles. The van der Waals surface area contributed by atoms with E-state index in [1.54, 1.807) is 11.1 Å². The van der Waals surface area contributed by atoms with Crippen LogP contribution in [0.25, 0.3) is 17.2 Å². The fourth-order valence-electron chi connectivity index (χ4n) is 3.17. The van der Waals surface area contributed by atoms with Crippen LogP contribution in [0.5, 0.6) is 0 Å². The molecule has 0 fully saturated rings. The molecule has 24 heavy (non-hydrogen) atoms. The summed E-state index contributed by atoms with van der Waals surface area (Å²) in [5.74, 6) is 0. The molecule has 0 amide bonds. The Bertz CT molecular complexity index is 724. The maximum Gasteiger partial charge on any atom is -1.00 e. The van der Waals surface area contributed by atoms with Crippen molar-refractivity contribution in [2.24, 2.45) is 0 Å². The van der Waals surface area contributed by atoms with E-state index in [0.29, 0.717) is 3.67 Å². The van der Waals surface area contributed by atoms with E-state index in [4.69, 9.17) is 0 Å². The van der Waals surface area contributed by atoms with Gasteiger partial charge in [-0.3, -0.25) is 0 Å². The first-order chi connectivity index (χ1) is 10.4. The zero-order chi connectivity index (χ0) is 15.9. The van der Waals surface area contributed by atoms with Gasteiger partial charge >= 0.3 is 150 Å². The molecule has 0 saturated carbocycles. The van der Waals surface area contributed by atoms with Crippen LogP contribution in [0, 0.1) is 0 Å². The summed E-state index contributed by atoms with van der Waals surface area (Å²) in [5.41, 5.74) is 8.96. The van der Waals surface area contributed by atoms with Crippen LogP contribution in [0.15, 0.2) is 48.0 Å². The smallest absolute Gasteiger partial charge is 1.00 e. The maximum absolute atomic E-state index is 2.44. The average molecular weight is 525 g/mol. The maximum atomic E-state index is 2.44. The second-order valence-corrected chi connectivity index (χ2v) is 9.22. The summed E-state index contributed by atoms with van der Waals surface area (Å²) in [6.07, 6.45) is 3.62. The van der Waals surface area contributed by atoms with Crippen LogP contribution >= 0.6 is 0 Å².